The van der Waals surface area contributed by atoms with Gasteiger partial charge in [0.05, 0.1) is 11.1 Å². The zero-order valence-corrected chi connectivity index (χ0v) is 8.84. The van der Waals surface area contributed by atoms with Crippen molar-refractivity contribution >= 4 is 11.6 Å². The minimum Gasteiger partial charge on any atom is -0.489 e. The maximum absolute atomic E-state index is 5.94. The van der Waals surface area contributed by atoms with Crippen molar-refractivity contribution in [1.29, 1.82) is 0 Å². The van der Waals surface area contributed by atoms with Crippen LogP contribution in [-0.4, -0.2) is 6.10 Å². The summed E-state index contributed by atoms with van der Waals surface area (Å²) >= 11 is 5.94. The molecule has 13 heavy (non-hydrogen) atoms. The molecule has 0 aliphatic heterocycles. The van der Waals surface area contributed by atoms with E-state index < -0.39 is 0 Å². The van der Waals surface area contributed by atoms with Crippen LogP contribution in [0.1, 0.15) is 26.7 Å². The Labute approximate surface area is 84.7 Å². The van der Waals surface area contributed by atoms with Crippen molar-refractivity contribution in [2.45, 2.75) is 32.8 Å². The number of benzene rings is 1. The number of hydrogen-bond donors (Lipinski definition) is 0. The third-order valence-corrected chi connectivity index (χ3v) is 2.17. The molecule has 0 N–H and O–H groups in total. The van der Waals surface area contributed by atoms with Crippen molar-refractivity contribution in [2.24, 2.45) is 0 Å². The monoisotopic (exact) mass is 198 g/mol. The lowest BCUT2D eigenvalue weighted by Gasteiger charge is -2.14. The van der Waals surface area contributed by atoms with Crippen LogP contribution in [0.2, 0.25) is 5.02 Å². The van der Waals surface area contributed by atoms with Gasteiger partial charge in [0.1, 0.15) is 5.75 Å². The van der Waals surface area contributed by atoms with Crippen LogP contribution >= 0.6 is 11.6 Å². The van der Waals surface area contributed by atoms with Gasteiger partial charge >= 0.3 is 0 Å². The molecule has 0 radical (unpaired) electrons. The van der Waals surface area contributed by atoms with E-state index in [-0.39, 0.29) is 6.10 Å². The summed E-state index contributed by atoms with van der Waals surface area (Å²) in [5, 5.41) is 0.686. The number of ether oxygens (including phenoxy) is 1. The largest absolute Gasteiger partial charge is 0.489 e. The first-order chi connectivity index (χ1) is 6.24. The molecule has 0 saturated heterocycles. The summed E-state index contributed by atoms with van der Waals surface area (Å²) in [5.74, 6) is 0.783. The lowest BCUT2D eigenvalue weighted by molar-refractivity contribution is 0.210. The summed E-state index contributed by atoms with van der Waals surface area (Å²) in [4.78, 5) is 0. The molecule has 0 aliphatic carbocycles. The zero-order chi connectivity index (χ0) is 9.68. The normalized spacial score (nSPS) is 12.5. The highest BCUT2D eigenvalue weighted by Crippen LogP contribution is 2.24. The van der Waals surface area contributed by atoms with E-state index >= 15 is 0 Å². The number of para-hydroxylation sites is 1. The second-order valence-electron chi connectivity index (χ2n) is 3.15. The van der Waals surface area contributed by atoms with Gasteiger partial charge in [0.25, 0.3) is 0 Å². The van der Waals surface area contributed by atoms with Crippen molar-refractivity contribution in [2.75, 3.05) is 0 Å². The van der Waals surface area contributed by atoms with Crippen LogP contribution in [0.3, 0.4) is 0 Å². The van der Waals surface area contributed by atoms with Crippen molar-refractivity contribution in [1.82, 2.24) is 0 Å². The minimum atomic E-state index is 0.241. The van der Waals surface area contributed by atoms with E-state index in [4.69, 9.17) is 16.3 Å². The highest BCUT2D eigenvalue weighted by atomic mass is 35.5. The van der Waals surface area contributed by atoms with Gasteiger partial charge < -0.3 is 4.74 Å². The zero-order valence-electron chi connectivity index (χ0n) is 8.09. The Morgan fingerprint density at radius 3 is 2.69 bits per heavy atom. The molecule has 0 bridgehead atoms. The minimum absolute atomic E-state index is 0.241. The van der Waals surface area contributed by atoms with Crippen molar-refractivity contribution in [3.8, 4) is 5.75 Å². The molecule has 72 valence electrons. The molecule has 1 aromatic carbocycles. The van der Waals surface area contributed by atoms with E-state index in [2.05, 4.69) is 13.8 Å². The van der Waals surface area contributed by atoms with Gasteiger partial charge in [0.2, 0.25) is 0 Å². The quantitative estimate of drug-likeness (QED) is 0.713. The van der Waals surface area contributed by atoms with Gasteiger partial charge in [-0.2, -0.15) is 0 Å². The number of hydrogen-bond acceptors (Lipinski definition) is 1. The van der Waals surface area contributed by atoms with Gasteiger partial charge in [0.15, 0.2) is 0 Å². The molecule has 1 nitrogen and oxygen atoms in total. The van der Waals surface area contributed by atoms with E-state index in [1.54, 1.807) is 0 Å². The highest BCUT2D eigenvalue weighted by molar-refractivity contribution is 6.32. The topological polar surface area (TPSA) is 9.23 Å². The predicted molar refractivity (Wildman–Crippen MR) is 56.5 cm³/mol. The fourth-order valence-corrected chi connectivity index (χ4v) is 1.40. The molecular weight excluding hydrogens is 184 g/mol. The summed E-state index contributed by atoms with van der Waals surface area (Å²) in [5.41, 5.74) is 0. The summed E-state index contributed by atoms with van der Waals surface area (Å²) < 4.78 is 5.65. The second kappa shape index (κ2) is 5.13. The van der Waals surface area contributed by atoms with E-state index in [0.717, 1.165) is 18.6 Å². The fraction of sp³-hybridized carbons (Fsp3) is 0.455. The Hall–Kier alpha value is -0.690. The molecule has 0 aromatic heterocycles. The molecule has 1 rings (SSSR count). The van der Waals surface area contributed by atoms with Gasteiger partial charge in [-0.05, 0) is 25.5 Å². The van der Waals surface area contributed by atoms with E-state index in [9.17, 15) is 0 Å². The van der Waals surface area contributed by atoms with Crippen LogP contribution in [0.5, 0.6) is 5.75 Å². The molecule has 0 amide bonds. The van der Waals surface area contributed by atoms with E-state index in [0.29, 0.717) is 5.02 Å². The Balaban J connectivity index is 2.58. The maximum atomic E-state index is 5.94. The van der Waals surface area contributed by atoms with Gasteiger partial charge in [0, 0.05) is 0 Å². The fourth-order valence-electron chi connectivity index (χ4n) is 1.22. The highest BCUT2D eigenvalue weighted by Gasteiger charge is 2.04. The average molecular weight is 199 g/mol. The molecule has 0 spiro atoms. The summed E-state index contributed by atoms with van der Waals surface area (Å²) in [6.07, 6.45) is 2.43. The van der Waals surface area contributed by atoms with Gasteiger partial charge in [-0.1, -0.05) is 37.1 Å². The molecule has 0 fully saturated rings. The molecular formula is C11H15ClO. The number of rotatable bonds is 4. The van der Waals surface area contributed by atoms with Crippen LogP contribution in [0.15, 0.2) is 24.3 Å². The SMILES string of the molecule is CCCC(C)Oc1ccccc1Cl. The number of halogens is 1. The Morgan fingerprint density at radius 1 is 1.38 bits per heavy atom. The Kier molecular flexibility index (Phi) is 4.10. The standard InChI is InChI=1S/C11H15ClO/c1-3-6-9(2)13-11-8-5-4-7-10(11)12/h4-5,7-9H,3,6H2,1-2H3. The summed E-state index contributed by atoms with van der Waals surface area (Å²) in [6.45, 7) is 4.21. The molecule has 2 heteroatoms. The van der Waals surface area contributed by atoms with Gasteiger partial charge in [-0.25, -0.2) is 0 Å². The summed E-state index contributed by atoms with van der Waals surface area (Å²) in [7, 11) is 0. The lowest BCUT2D eigenvalue weighted by Crippen LogP contribution is -2.10. The van der Waals surface area contributed by atoms with Crippen molar-refractivity contribution in [3.63, 3.8) is 0 Å². The van der Waals surface area contributed by atoms with E-state index in [1.807, 2.05) is 24.3 Å². The van der Waals surface area contributed by atoms with Crippen LogP contribution in [-0.2, 0) is 0 Å². The molecule has 0 saturated carbocycles. The first kappa shape index (κ1) is 10.4. The average Bonchev–Trinajstić information content (AvgIpc) is 2.09. The molecule has 1 unspecified atom stereocenters. The molecule has 0 aliphatic rings. The smallest absolute Gasteiger partial charge is 0.138 e. The van der Waals surface area contributed by atoms with Crippen molar-refractivity contribution < 1.29 is 4.74 Å². The van der Waals surface area contributed by atoms with Gasteiger partial charge in [-0.15, -0.1) is 0 Å². The predicted octanol–water partition coefficient (Wildman–Crippen LogP) is 3.91. The van der Waals surface area contributed by atoms with Crippen LogP contribution in [0.4, 0.5) is 0 Å². The first-order valence-electron chi connectivity index (χ1n) is 4.65. The molecule has 1 atom stereocenters. The lowest BCUT2D eigenvalue weighted by atomic mass is 10.2. The van der Waals surface area contributed by atoms with E-state index in [1.165, 1.54) is 0 Å². The van der Waals surface area contributed by atoms with Crippen molar-refractivity contribution in [3.05, 3.63) is 29.3 Å². The maximum Gasteiger partial charge on any atom is 0.138 e. The first-order valence-corrected chi connectivity index (χ1v) is 5.03. The van der Waals surface area contributed by atoms with Crippen LogP contribution < -0.4 is 4.74 Å². The molecule has 0 heterocycles. The molecule has 1 aromatic rings. The van der Waals surface area contributed by atoms with Crippen LogP contribution in [0, 0.1) is 0 Å². The second-order valence-corrected chi connectivity index (χ2v) is 3.55. The van der Waals surface area contributed by atoms with Crippen LogP contribution in [0.25, 0.3) is 0 Å². The Bertz CT molecular complexity index is 260. The van der Waals surface area contributed by atoms with Gasteiger partial charge in [-0.3, -0.25) is 0 Å². The Morgan fingerprint density at radius 2 is 2.08 bits per heavy atom. The third kappa shape index (κ3) is 3.27. The third-order valence-electron chi connectivity index (χ3n) is 1.86. The summed E-state index contributed by atoms with van der Waals surface area (Å²) in [6, 6.07) is 7.57.